The Morgan fingerprint density at radius 2 is 2.12 bits per heavy atom. The topological polar surface area (TPSA) is 67.4 Å². The van der Waals surface area contributed by atoms with Gasteiger partial charge in [-0.25, -0.2) is 4.39 Å². The van der Waals surface area contributed by atoms with Gasteiger partial charge in [0.1, 0.15) is 11.6 Å². The Morgan fingerprint density at radius 1 is 1.33 bits per heavy atom. The summed E-state index contributed by atoms with van der Waals surface area (Å²) in [6.45, 7) is 0. The second-order valence-corrected chi connectivity index (χ2v) is 5.78. The van der Waals surface area contributed by atoms with Crippen LogP contribution in [-0.2, 0) is 9.59 Å². The van der Waals surface area contributed by atoms with E-state index in [2.05, 4.69) is 10.6 Å². The van der Waals surface area contributed by atoms with Crippen LogP contribution in [0.5, 0.6) is 5.75 Å². The number of carbonyl (C=O) groups is 2. The van der Waals surface area contributed by atoms with Crippen LogP contribution >= 0.6 is 11.6 Å². The van der Waals surface area contributed by atoms with E-state index < -0.39 is 11.7 Å². The van der Waals surface area contributed by atoms with Crippen molar-refractivity contribution in [2.24, 2.45) is 0 Å². The van der Waals surface area contributed by atoms with Gasteiger partial charge >= 0.3 is 0 Å². The van der Waals surface area contributed by atoms with E-state index in [-0.39, 0.29) is 18.2 Å². The van der Waals surface area contributed by atoms with Gasteiger partial charge in [-0.3, -0.25) is 9.59 Å². The summed E-state index contributed by atoms with van der Waals surface area (Å²) in [5.41, 5.74) is 1.38. The number of benzene rings is 2. The van der Waals surface area contributed by atoms with Crippen molar-refractivity contribution >= 4 is 34.8 Å². The Balaban J connectivity index is 1.85. The van der Waals surface area contributed by atoms with Gasteiger partial charge in [0.15, 0.2) is 0 Å². The fourth-order valence-corrected chi connectivity index (χ4v) is 2.90. The molecule has 2 aromatic carbocycles. The number of carbonyl (C=O) groups excluding carboxylic acids is 2. The Labute approximate surface area is 142 Å². The highest BCUT2D eigenvalue weighted by atomic mass is 35.5. The summed E-state index contributed by atoms with van der Waals surface area (Å²) >= 11 is 6.04. The summed E-state index contributed by atoms with van der Waals surface area (Å²) in [4.78, 5) is 24.4. The summed E-state index contributed by atoms with van der Waals surface area (Å²) in [5.74, 6) is -1.38. The van der Waals surface area contributed by atoms with Crippen LogP contribution in [0.2, 0.25) is 5.02 Å². The van der Waals surface area contributed by atoms with Gasteiger partial charge < -0.3 is 15.4 Å². The van der Waals surface area contributed by atoms with Crippen molar-refractivity contribution in [2.45, 2.75) is 12.3 Å². The number of amides is 2. The first-order valence-corrected chi connectivity index (χ1v) is 7.59. The average molecular weight is 349 g/mol. The third-order valence-electron chi connectivity index (χ3n) is 3.79. The Kier molecular flexibility index (Phi) is 4.40. The fourth-order valence-electron chi connectivity index (χ4n) is 2.64. The zero-order valence-corrected chi connectivity index (χ0v) is 13.5. The summed E-state index contributed by atoms with van der Waals surface area (Å²) in [5, 5.41) is 5.66. The van der Waals surface area contributed by atoms with Crippen LogP contribution in [0.15, 0.2) is 36.4 Å². The number of halogens is 2. The number of hydrogen-bond acceptors (Lipinski definition) is 3. The average Bonchev–Trinajstić information content (AvgIpc) is 2.53. The normalized spacial score (nSPS) is 16.1. The van der Waals surface area contributed by atoms with Crippen molar-refractivity contribution in [3.05, 3.63) is 52.8 Å². The summed E-state index contributed by atoms with van der Waals surface area (Å²) in [6.07, 6.45) is -0.00560. The summed E-state index contributed by atoms with van der Waals surface area (Å²) in [6, 6.07) is 8.83. The molecule has 5 nitrogen and oxygen atoms in total. The highest BCUT2D eigenvalue weighted by molar-refractivity contribution is 6.32. The lowest BCUT2D eigenvalue weighted by molar-refractivity contribution is -0.123. The molecule has 3 rings (SSSR count). The molecule has 124 valence electrons. The minimum absolute atomic E-state index is 0.00560. The molecular weight excluding hydrogens is 335 g/mol. The molecule has 1 atom stereocenters. The number of nitrogens with one attached hydrogen (secondary N) is 2. The molecule has 0 spiro atoms. The van der Waals surface area contributed by atoms with Gasteiger partial charge in [0.2, 0.25) is 11.8 Å². The summed E-state index contributed by atoms with van der Waals surface area (Å²) < 4.78 is 18.4. The third kappa shape index (κ3) is 3.19. The minimum Gasteiger partial charge on any atom is -0.495 e. The van der Waals surface area contributed by atoms with Gasteiger partial charge in [-0.1, -0.05) is 17.7 Å². The lowest BCUT2D eigenvalue weighted by Crippen LogP contribution is -2.30. The maximum absolute atomic E-state index is 13.3. The number of hydrogen-bond donors (Lipinski definition) is 2. The van der Waals surface area contributed by atoms with Crippen LogP contribution < -0.4 is 15.4 Å². The smallest absolute Gasteiger partial charge is 0.232 e. The molecule has 0 radical (unpaired) electrons. The zero-order valence-electron chi connectivity index (χ0n) is 12.7. The molecule has 1 heterocycles. The second-order valence-electron chi connectivity index (χ2n) is 5.38. The highest BCUT2D eigenvalue weighted by Gasteiger charge is 2.31. The van der Waals surface area contributed by atoms with Crippen molar-refractivity contribution in [3.8, 4) is 5.75 Å². The van der Waals surface area contributed by atoms with Gasteiger partial charge in [-0.2, -0.15) is 0 Å². The molecule has 2 aromatic rings. The standard InChI is InChI=1S/C17H14ClFN2O3/c1-24-15-5-3-10(7-13(15)18)20-17(23)12-8-16(22)21-14-6-9(19)2-4-11(12)14/h2-7,12H,8H2,1H3,(H,20,23)(H,21,22)/t12-/m0/s1. The zero-order chi connectivity index (χ0) is 17.3. The fraction of sp³-hybridized carbons (Fsp3) is 0.176. The van der Waals surface area contributed by atoms with E-state index in [1.54, 1.807) is 18.2 Å². The minimum atomic E-state index is -0.699. The van der Waals surface area contributed by atoms with E-state index >= 15 is 0 Å². The largest absolute Gasteiger partial charge is 0.495 e. The van der Waals surface area contributed by atoms with Crippen molar-refractivity contribution < 1.29 is 18.7 Å². The number of anilines is 2. The van der Waals surface area contributed by atoms with Gasteiger partial charge in [0.25, 0.3) is 0 Å². The predicted molar refractivity (Wildman–Crippen MR) is 89.0 cm³/mol. The molecule has 2 N–H and O–H groups in total. The maximum Gasteiger partial charge on any atom is 0.232 e. The van der Waals surface area contributed by atoms with Crippen LogP contribution in [0.1, 0.15) is 17.9 Å². The molecule has 0 saturated carbocycles. The maximum atomic E-state index is 13.3. The molecule has 0 unspecified atom stereocenters. The molecule has 1 aliphatic heterocycles. The van der Waals surface area contributed by atoms with Crippen molar-refractivity contribution in [1.82, 2.24) is 0 Å². The summed E-state index contributed by atoms with van der Waals surface area (Å²) in [7, 11) is 1.50. The SMILES string of the molecule is COc1ccc(NC(=O)[C@H]2CC(=O)Nc3cc(F)ccc32)cc1Cl. The van der Waals surface area contributed by atoms with E-state index in [4.69, 9.17) is 16.3 Å². The predicted octanol–water partition coefficient (Wildman–Crippen LogP) is 3.55. The molecule has 1 aliphatic rings. The van der Waals surface area contributed by atoms with Crippen LogP contribution in [0.3, 0.4) is 0 Å². The first-order chi connectivity index (χ1) is 11.5. The van der Waals surface area contributed by atoms with Crippen molar-refractivity contribution in [1.29, 1.82) is 0 Å². The number of ether oxygens (including phenoxy) is 1. The van der Waals surface area contributed by atoms with Crippen molar-refractivity contribution in [3.63, 3.8) is 0 Å². The Bertz CT molecular complexity index is 825. The van der Waals surface area contributed by atoms with Crippen molar-refractivity contribution in [2.75, 3.05) is 17.7 Å². The van der Waals surface area contributed by atoms with Gasteiger partial charge in [0, 0.05) is 17.8 Å². The lowest BCUT2D eigenvalue weighted by atomic mass is 9.89. The van der Waals surface area contributed by atoms with E-state index in [0.717, 1.165) is 0 Å². The van der Waals surface area contributed by atoms with E-state index in [0.29, 0.717) is 27.7 Å². The van der Waals surface area contributed by atoms with Gasteiger partial charge in [-0.05, 0) is 35.9 Å². The van der Waals surface area contributed by atoms with Crippen LogP contribution in [-0.4, -0.2) is 18.9 Å². The number of fused-ring (bicyclic) bond motifs is 1. The molecule has 0 fully saturated rings. The first kappa shape index (κ1) is 16.3. The van der Waals surface area contributed by atoms with Crippen LogP contribution in [0, 0.1) is 5.82 Å². The Hall–Kier alpha value is -2.60. The molecule has 0 saturated heterocycles. The third-order valence-corrected chi connectivity index (χ3v) is 4.09. The van der Waals surface area contributed by atoms with Gasteiger partial charge in [0.05, 0.1) is 18.1 Å². The number of rotatable bonds is 3. The first-order valence-electron chi connectivity index (χ1n) is 7.21. The second kappa shape index (κ2) is 6.49. The van der Waals surface area contributed by atoms with Crippen LogP contribution in [0.25, 0.3) is 0 Å². The molecule has 24 heavy (non-hydrogen) atoms. The van der Waals surface area contributed by atoms with E-state index in [1.165, 1.54) is 25.3 Å². The van der Waals surface area contributed by atoms with Crippen LogP contribution in [0.4, 0.5) is 15.8 Å². The van der Waals surface area contributed by atoms with E-state index in [1.807, 2.05) is 0 Å². The molecule has 2 amide bonds. The molecule has 0 aromatic heterocycles. The monoisotopic (exact) mass is 348 g/mol. The van der Waals surface area contributed by atoms with Gasteiger partial charge in [-0.15, -0.1) is 0 Å². The molecular formula is C17H14ClFN2O3. The molecule has 7 heteroatoms. The number of methoxy groups -OCH3 is 1. The quantitative estimate of drug-likeness (QED) is 0.891. The Morgan fingerprint density at radius 3 is 2.83 bits per heavy atom. The molecule has 0 aliphatic carbocycles. The highest BCUT2D eigenvalue weighted by Crippen LogP contribution is 2.34. The van der Waals surface area contributed by atoms with E-state index in [9.17, 15) is 14.0 Å². The molecule has 0 bridgehead atoms. The lowest BCUT2D eigenvalue weighted by Gasteiger charge is -2.25.